The molecule has 7 heteroatoms. The van der Waals surface area contributed by atoms with E-state index in [1.54, 1.807) is 0 Å². The second-order valence-electron chi connectivity index (χ2n) is 4.90. The Kier molecular flexibility index (Phi) is 5.75. The fourth-order valence-corrected chi connectivity index (χ4v) is 3.85. The van der Waals surface area contributed by atoms with Gasteiger partial charge in [0.05, 0.1) is 5.75 Å². The van der Waals surface area contributed by atoms with Crippen LogP contribution in [-0.2, 0) is 10.0 Å². The zero-order valence-corrected chi connectivity index (χ0v) is 12.4. The molecule has 2 aliphatic rings. The largest absolute Gasteiger partial charge is 0.313 e. The van der Waals surface area contributed by atoms with Crippen molar-refractivity contribution in [2.45, 2.75) is 18.9 Å². The van der Waals surface area contributed by atoms with Gasteiger partial charge >= 0.3 is 0 Å². The van der Waals surface area contributed by atoms with Crippen LogP contribution in [-0.4, -0.2) is 69.3 Å². The number of rotatable bonds is 8. The first-order chi connectivity index (χ1) is 8.66. The molecule has 2 fully saturated rings. The van der Waals surface area contributed by atoms with Crippen molar-refractivity contribution in [1.29, 1.82) is 0 Å². The molecule has 1 saturated heterocycles. The van der Waals surface area contributed by atoms with Crippen LogP contribution in [0.4, 0.5) is 0 Å². The topological polar surface area (TPSA) is 61.4 Å². The average Bonchev–Trinajstić information content (AvgIpc) is 3.14. The molecule has 0 atom stereocenters. The lowest BCUT2D eigenvalue weighted by Crippen LogP contribution is -2.40. The Morgan fingerprint density at radius 1 is 1.17 bits per heavy atom. The number of hydrogen-bond donors (Lipinski definition) is 2. The van der Waals surface area contributed by atoms with Crippen molar-refractivity contribution >= 4 is 21.8 Å². The molecule has 1 saturated carbocycles. The summed E-state index contributed by atoms with van der Waals surface area (Å²) in [7, 11) is -3.09. The van der Waals surface area contributed by atoms with Crippen molar-refractivity contribution in [1.82, 2.24) is 14.9 Å². The summed E-state index contributed by atoms with van der Waals surface area (Å²) in [5.41, 5.74) is 0. The van der Waals surface area contributed by atoms with Crippen molar-refractivity contribution in [2.75, 3.05) is 50.0 Å². The van der Waals surface area contributed by atoms with Crippen molar-refractivity contribution in [2.24, 2.45) is 0 Å². The normalized spacial score (nSPS) is 22.2. The van der Waals surface area contributed by atoms with Gasteiger partial charge in [-0.1, -0.05) is 0 Å². The molecule has 0 unspecified atom stereocenters. The summed E-state index contributed by atoms with van der Waals surface area (Å²) in [6, 6.07) is 0.575. The summed E-state index contributed by atoms with van der Waals surface area (Å²) in [6.45, 7) is 4.10. The predicted octanol–water partition coefficient (Wildman–Crippen LogP) is -0.293. The Morgan fingerprint density at radius 3 is 2.56 bits per heavy atom. The van der Waals surface area contributed by atoms with E-state index in [9.17, 15) is 8.42 Å². The van der Waals surface area contributed by atoms with E-state index < -0.39 is 10.0 Å². The highest BCUT2D eigenvalue weighted by atomic mass is 32.2. The molecule has 0 amide bonds. The molecule has 2 N–H and O–H groups in total. The Balaban J connectivity index is 1.55. The third kappa shape index (κ3) is 5.88. The molecule has 2 rings (SSSR count). The molecule has 1 aliphatic carbocycles. The zero-order chi connectivity index (χ0) is 12.8. The highest BCUT2D eigenvalue weighted by molar-refractivity contribution is 7.99. The molecule has 1 heterocycles. The number of nitrogens with one attached hydrogen (secondary N) is 2. The molecule has 1 aliphatic heterocycles. The van der Waals surface area contributed by atoms with E-state index >= 15 is 0 Å². The van der Waals surface area contributed by atoms with Gasteiger partial charge in [-0.15, -0.1) is 0 Å². The molecule has 0 spiro atoms. The molecule has 0 aromatic heterocycles. The number of thioether (sulfide) groups is 1. The Labute approximate surface area is 114 Å². The van der Waals surface area contributed by atoms with E-state index in [0.717, 1.165) is 31.1 Å². The van der Waals surface area contributed by atoms with Crippen LogP contribution in [0.5, 0.6) is 0 Å². The van der Waals surface area contributed by atoms with Crippen LogP contribution in [0.25, 0.3) is 0 Å². The van der Waals surface area contributed by atoms with Gasteiger partial charge in [0.25, 0.3) is 0 Å². The zero-order valence-electron chi connectivity index (χ0n) is 10.7. The SMILES string of the molecule is O=S(=O)(CCNC1CC1)NCCN1CCSCC1. The molecule has 0 radical (unpaired) electrons. The average molecular weight is 293 g/mol. The summed E-state index contributed by atoms with van der Waals surface area (Å²) in [4.78, 5) is 2.32. The van der Waals surface area contributed by atoms with E-state index in [1.807, 2.05) is 11.8 Å². The van der Waals surface area contributed by atoms with Gasteiger partial charge in [0.2, 0.25) is 10.0 Å². The first-order valence-corrected chi connectivity index (χ1v) is 9.47. The van der Waals surface area contributed by atoms with Crippen LogP contribution in [0.1, 0.15) is 12.8 Å². The Hall–Kier alpha value is 0.180. The maximum atomic E-state index is 11.7. The summed E-state index contributed by atoms with van der Waals surface area (Å²) in [6.07, 6.45) is 2.39. The van der Waals surface area contributed by atoms with E-state index in [4.69, 9.17) is 0 Å². The van der Waals surface area contributed by atoms with Crippen molar-refractivity contribution < 1.29 is 8.42 Å². The maximum absolute atomic E-state index is 11.7. The van der Waals surface area contributed by atoms with Crippen LogP contribution in [0.15, 0.2) is 0 Å². The van der Waals surface area contributed by atoms with Gasteiger partial charge in [-0.3, -0.25) is 0 Å². The van der Waals surface area contributed by atoms with Gasteiger partial charge < -0.3 is 10.2 Å². The Morgan fingerprint density at radius 2 is 1.89 bits per heavy atom. The highest BCUT2D eigenvalue weighted by Crippen LogP contribution is 2.17. The lowest BCUT2D eigenvalue weighted by molar-refractivity contribution is 0.307. The third-order valence-corrected chi connectivity index (χ3v) is 5.56. The lowest BCUT2D eigenvalue weighted by Gasteiger charge is -2.25. The van der Waals surface area contributed by atoms with Crippen molar-refractivity contribution in [3.05, 3.63) is 0 Å². The first kappa shape index (κ1) is 14.6. The molecular formula is C11H23N3O2S2. The van der Waals surface area contributed by atoms with Gasteiger partial charge in [0, 0.05) is 50.3 Å². The molecule has 0 bridgehead atoms. The van der Waals surface area contributed by atoms with Crippen molar-refractivity contribution in [3.8, 4) is 0 Å². The number of sulfonamides is 1. The minimum absolute atomic E-state index is 0.194. The van der Waals surface area contributed by atoms with E-state index in [-0.39, 0.29) is 5.75 Å². The van der Waals surface area contributed by atoms with Crippen LogP contribution >= 0.6 is 11.8 Å². The molecule has 106 valence electrons. The molecule has 5 nitrogen and oxygen atoms in total. The van der Waals surface area contributed by atoms with Gasteiger partial charge in [0.1, 0.15) is 0 Å². The predicted molar refractivity (Wildman–Crippen MR) is 76.6 cm³/mol. The minimum Gasteiger partial charge on any atom is -0.313 e. The lowest BCUT2D eigenvalue weighted by atomic mass is 10.5. The van der Waals surface area contributed by atoms with Gasteiger partial charge in [-0.2, -0.15) is 11.8 Å². The van der Waals surface area contributed by atoms with Gasteiger partial charge in [-0.05, 0) is 12.8 Å². The number of hydrogen-bond acceptors (Lipinski definition) is 5. The second kappa shape index (κ2) is 7.09. The van der Waals surface area contributed by atoms with Gasteiger partial charge in [0.15, 0.2) is 0 Å². The van der Waals surface area contributed by atoms with E-state index in [0.29, 0.717) is 19.1 Å². The standard InChI is InChI=1S/C11H23N3O2S2/c15-18(16,10-4-12-11-1-2-11)13-3-5-14-6-8-17-9-7-14/h11-13H,1-10H2. The molecule has 0 aromatic carbocycles. The van der Waals surface area contributed by atoms with Crippen LogP contribution in [0.3, 0.4) is 0 Å². The smallest absolute Gasteiger partial charge is 0.212 e. The summed E-state index contributed by atoms with van der Waals surface area (Å²) < 4.78 is 26.1. The summed E-state index contributed by atoms with van der Waals surface area (Å²) in [5, 5.41) is 3.22. The highest BCUT2D eigenvalue weighted by Gasteiger charge is 2.21. The quantitative estimate of drug-likeness (QED) is 0.644. The van der Waals surface area contributed by atoms with Crippen LogP contribution < -0.4 is 10.0 Å². The number of nitrogens with zero attached hydrogens (tertiary/aromatic N) is 1. The fourth-order valence-electron chi connectivity index (χ4n) is 1.94. The van der Waals surface area contributed by atoms with E-state index in [2.05, 4.69) is 14.9 Å². The third-order valence-electron chi connectivity index (χ3n) is 3.23. The summed E-state index contributed by atoms with van der Waals surface area (Å²) in [5.74, 6) is 2.52. The molecule has 18 heavy (non-hydrogen) atoms. The molecular weight excluding hydrogens is 270 g/mol. The summed E-state index contributed by atoms with van der Waals surface area (Å²) >= 11 is 1.97. The van der Waals surface area contributed by atoms with Gasteiger partial charge in [-0.25, -0.2) is 13.1 Å². The second-order valence-corrected chi connectivity index (χ2v) is 8.05. The minimum atomic E-state index is -3.09. The van der Waals surface area contributed by atoms with Crippen molar-refractivity contribution in [3.63, 3.8) is 0 Å². The van der Waals surface area contributed by atoms with E-state index in [1.165, 1.54) is 12.8 Å². The fraction of sp³-hybridized carbons (Fsp3) is 1.00. The first-order valence-electron chi connectivity index (χ1n) is 6.66. The van der Waals surface area contributed by atoms with Crippen LogP contribution in [0.2, 0.25) is 0 Å². The Bertz CT molecular complexity index is 338. The maximum Gasteiger partial charge on any atom is 0.212 e. The van der Waals surface area contributed by atoms with Crippen LogP contribution in [0, 0.1) is 0 Å². The molecule has 0 aromatic rings. The monoisotopic (exact) mass is 293 g/mol.